The van der Waals surface area contributed by atoms with Crippen molar-refractivity contribution in [2.45, 2.75) is 13.5 Å². The molecule has 1 aromatic heterocycles. The molecule has 0 saturated carbocycles. The number of methoxy groups -OCH3 is 1. The number of carbonyl (C=O) groups is 1. The van der Waals surface area contributed by atoms with Gasteiger partial charge in [-0.1, -0.05) is 0 Å². The van der Waals surface area contributed by atoms with Gasteiger partial charge in [0.05, 0.1) is 19.0 Å². The largest absolute Gasteiger partial charge is 0.494 e. The Morgan fingerprint density at radius 1 is 1.43 bits per heavy atom. The number of rotatable bonds is 4. The highest BCUT2D eigenvalue weighted by Crippen LogP contribution is 2.26. The summed E-state index contributed by atoms with van der Waals surface area (Å²) in [6, 6.07) is 6.31. The van der Waals surface area contributed by atoms with Crippen molar-refractivity contribution in [3.8, 4) is 5.75 Å². The number of ether oxygens (including phenoxy) is 1. The van der Waals surface area contributed by atoms with Crippen molar-refractivity contribution in [1.29, 1.82) is 0 Å². The van der Waals surface area contributed by atoms with Crippen molar-refractivity contribution in [2.24, 2.45) is 0 Å². The van der Waals surface area contributed by atoms with Crippen molar-refractivity contribution < 1.29 is 9.53 Å². The quantitative estimate of drug-likeness (QED) is 0.810. The molecule has 0 fully saturated rings. The van der Waals surface area contributed by atoms with Crippen LogP contribution < -0.4 is 21.3 Å². The molecule has 0 saturated heterocycles. The first kappa shape index (κ1) is 14.6. The molecule has 2 rings (SSSR count). The SMILES string of the molecule is COc1cc(N)ccc1NC(=O)Cn1ncc(C)cc1=O. The van der Waals surface area contributed by atoms with E-state index < -0.39 is 0 Å². The maximum absolute atomic E-state index is 12.0. The number of hydrogen-bond acceptors (Lipinski definition) is 5. The lowest BCUT2D eigenvalue weighted by atomic mass is 10.2. The van der Waals surface area contributed by atoms with Gasteiger partial charge >= 0.3 is 0 Å². The van der Waals surface area contributed by atoms with E-state index in [4.69, 9.17) is 10.5 Å². The van der Waals surface area contributed by atoms with Gasteiger partial charge in [0.25, 0.3) is 5.56 Å². The smallest absolute Gasteiger partial charge is 0.267 e. The van der Waals surface area contributed by atoms with Crippen LogP contribution in [0.2, 0.25) is 0 Å². The molecule has 0 unspecified atom stereocenters. The summed E-state index contributed by atoms with van der Waals surface area (Å²) in [6.45, 7) is 1.59. The molecule has 110 valence electrons. The summed E-state index contributed by atoms with van der Waals surface area (Å²) < 4.78 is 6.23. The van der Waals surface area contributed by atoms with Crippen LogP contribution in [0, 0.1) is 6.92 Å². The first-order valence-electron chi connectivity index (χ1n) is 6.26. The molecule has 0 aliphatic rings. The molecule has 0 aliphatic carbocycles. The molecule has 7 nitrogen and oxygen atoms in total. The van der Waals surface area contributed by atoms with Gasteiger partial charge in [-0.05, 0) is 24.6 Å². The normalized spacial score (nSPS) is 10.2. The van der Waals surface area contributed by atoms with Crippen molar-refractivity contribution >= 4 is 17.3 Å². The summed E-state index contributed by atoms with van der Waals surface area (Å²) in [5, 5.41) is 6.57. The van der Waals surface area contributed by atoms with Crippen LogP contribution in [-0.4, -0.2) is 22.8 Å². The Balaban J connectivity index is 2.13. The topological polar surface area (TPSA) is 99.2 Å². The van der Waals surface area contributed by atoms with E-state index in [1.54, 1.807) is 25.1 Å². The lowest BCUT2D eigenvalue weighted by Crippen LogP contribution is -2.29. The van der Waals surface area contributed by atoms with Crippen LogP contribution in [0.3, 0.4) is 0 Å². The standard InChI is InChI=1S/C14H16N4O3/c1-9-5-14(20)18(16-7-9)8-13(19)17-11-4-3-10(15)6-12(11)21-2/h3-7H,8,15H2,1-2H3,(H,17,19). The van der Waals surface area contributed by atoms with Gasteiger partial charge < -0.3 is 15.8 Å². The Hall–Kier alpha value is -2.83. The predicted molar refractivity (Wildman–Crippen MR) is 79.3 cm³/mol. The van der Waals surface area contributed by atoms with E-state index in [-0.39, 0.29) is 18.0 Å². The Morgan fingerprint density at radius 2 is 2.19 bits per heavy atom. The van der Waals surface area contributed by atoms with Gasteiger partial charge in [-0.2, -0.15) is 5.10 Å². The lowest BCUT2D eigenvalue weighted by Gasteiger charge is -2.11. The number of nitrogens with two attached hydrogens (primary N) is 1. The summed E-state index contributed by atoms with van der Waals surface area (Å²) >= 11 is 0. The number of benzene rings is 1. The van der Waals surface area contributed by atoms with E-state index in [0.29, 0.717) is 17.1 Å². The third-order valence-electron chi connectivity index (χ3n) is 2.80. The average Bonchev–Trinajstić information content (AvgIpc) is 2.44. The first-order chi connectivity index (χ1) is 9.99. The summed E-state index contributed by atoms with van der Waals surface area (Å²) in [6.07, 6.45) is 1.53. The highest BCUT2D eigenvalue weighted by Gasteiger charge is 2.10. The van der Waals surface area contributed by atoms with Crippen LogP contribution in [-0.2, 0) is 11.3 Å². The Bertz CT molecular complexity index is 724. The number of nitrogens with one attached hydrogen (secondary N) is 1. The van der Waals surface area contributed by atoms with Crippen molar-refractivity contribution in [3.63, 3.8) is 0 Å². The molecule has 0 spiro atoms. The van der Waals surface area contributed by atoms with Gasteiger partial charge in [0.1, 0.15) is 12.3 Å². The number of nitrogen functional groups attached to an aromatic ring is 1. The lowest BCUT2D eigenvalue weighted by molar-refractivity contribution is -0.117. The van der Waals surface area contributed by atoms with Gasteiger partial charge in [0.15, 0.2) is 0 Å². The van der Waals surface area contributed by atoms with Crippen LogP contribution >= 0.6 is 0 Å². The Kier molecular flexibility index (Phi) is 4.22. The molecule has 0 bridgehead atoms. The molecule has 1 amide bonds. The third kappa shape index (κ3) is 3.59. The second kappa shape index (κ2) is 6.08. The fraction of sp³-hybridized carbons (Fsp3) is 0.214. The van der Waals surface area contributed by atoms with Gasteiger partial charge in [0, 0.05) is 17.8 Å². The van der Waals surface area contributed by atoms with E-state index in [0.717, 1.165) is 10.2 Å². The average molecular weight is 288 g/mol. The predicted octanol–water partition coefficient (Wildman–Crippen LogP) is 0.781. The van der Waals surface area contributed by atoms with Crippen molar-refractivity contribution in [2.75, 3.05) is 18.2 Å². The monoisotopic (exact) mass is 288 g/mol. The number of amides is 1. The van der Waals surface area contributed by atoms with Crippen LogP contribution in [0.4, 0.5) is 11.4 Å². The molecule has 21 heavy (non-hydrogen) atoms. The Labute approximate surface area is 121 Å². The van der Waals surface area contributed by atoms with Crippen molar-refractivity contribution in [3.05, 3.63) is 46.4 Å². The van der Waals surface area contributed by atoms with Crippen LogP contribution in [0.1, 0.15) is 5.56 Å². The maximum atomic E-state index is 12.0. The summed E-state index contributed by atoms with van der Waals surface area (Å²) in [5.74, 6) is 0.0732. The molecule has 2 aromatic rings. The van der Waals surface area contributed by atoms with Crippen LogP contribution in [0.5, 0.6) is 5.75 Å². The molecule has 0 aliphatic heterocycles. The van der Waals surface area contributed by atoms with Gasteiger partial charge in [-0.3, -0.25) is 9.59 Å². The maximum Gasteiger partial charge on any atom is 0.267 e. The number of hydrogen-bond donors (Lipinski definition) is 2. The van der Waals surface area contributed by atoms with Crippen LogP contribution in [0.15, 0.2) is 35.3 Å². The van der Waals surface area contributed by atoms with E-state index in [9.17, 15) is 9.59 Å². The third-order valence-corrected chi connectivity index (χ3v) is 2.80. The van der Waals surface area contributed by atoms with Crippen molar-refractivity contribution in [1.82, 2.24) is 9.78 Å². The number of aryl methyl sites for hydroxylation is 1. The second-order valence-electron chi connectivity index (χ2n) is 4.54. The zero-order valence-corrected chi connectivity index (χ0v) is 11.8. The van der Waals surface area contributed by atoms with E-state index >= 15 is 0 Å². The van der Waals surface area contributed by atoms with Gasteiger partial charge in [-0.15, -0.1) is 0 Å². The van der Waals surface area contributed by atoms with Gasteiger partial charge in [0.2, 0.25) is 5.91 Å². The highest BCUT2D eigenvalue weighted by atomic mass is 16.5. The zero-order valence-electron chi connectivity index (χ0n) is 11.8. The minimum atomic E-state index is -0.378. The summed E-state index contributed by atoms with van der Waals surface area (Å²) in [4.78, 5) is 23.6. The molecular formula is C14H16N4O3. The van der Waals surface area contributed by atoms with E-state index in [1.807, 2.05) is 0 Å². The minimum absolute atomic E-state index is 0.174. The number of anilines is 2. The summed E-state index contributed by atoms with van der Waals surface area (Å²) in [5.41, 5.74) is 7.08. The molecule has 1 aromatic carbocycles. The molecule has 0 radical (unpaired) electrons. The number of aromatic nitrogens is 2. The highest BCUT2D eigenvalue weighted by molar-refractivity contribution is 5.92. The summed E-state index contributed by atoms with van der Waals surface area (Å²) in [7, 11) is 1.48. The van der Waals surface area contributed by atoms with Gasteiger partial charge in [-0.25, -0.2) is 4.68 Å². The van der Waals surface area contributed by atoms with Crippen LogP contribution in [0.25, 0.3) is 0 Å². The molecule has 1 heterocycles. The molecule has 0 atom stereocenters. The fourth-order valence-corrected chi connectivity index (χ4v) is 1.78. The molecule has 7 heteroatoms. The van der Waals surface area contributed by atoms with E-state index in [1.165, 1.54) is 19.4 Å². The molecule has 3 N–H and O–H groups in total. The molecular weight excluding hydrogens is 272 g/mol. The fourth-order valence-electron chi connectivity index (χ4n) is 1.78. The first-order valence-corrected chi connectivity index (χ1v) is 6.26. The van der Waals surface area contributed by atoms with E-state index in [2.05, 4.69) is 10.4 Å². The number of nitrogens with zero attached hydrogens (tertiary/aromatic N) is 2. The number of carbonyl (C=O) groups excluding carboxylic acids is 1. The zero-order chi connectivity index (χ0) is 15.4. The minimum Gasteiger partial charge on any atom is -0.494 e. The Morgan fingerprint density at radius 3 is 2.86 bits per heavy atom. The second-order valence-corrected chi connectivity index (χ2v) is 4.54.